The van der Waals surface area contributed by atoms with Crippen molar-refractivity contribution in [1.29, 1.82) is 0 Å². The first-order valence-corrected chi connectivity index (χ1v) is 4.60. The van der Waals surface area contributed by atoms with Gasteiger partial charge in [0.05, 0.1) is 0 Å². The molecule has 0 spiro atoms. The summed E-state index contributed by atoms with van der Waals surface area (Å²) in [4.78, 5) is 5.00. The van der Waals surface area contributed by atoms with Crippen molar-refractivity contribution in [3.05, 3.63) is 35.6 Å². The normalized spacial score (nSPS) is 13.1. The zero-order chi connectivity index (χ0) is 10.4. The fourth-order valence-electron chi connectivity index (χ4n) is 0.792. The second-order valence-electron chi connectivity index (χ2n) is 3.01. The lowest BCUT2D eigenvalue weighted by Crippen LogP contribution is -2.01. The van der Waals surface area contributed by atoms with Gasteiger partial charge in [-0.05, 0) is 25.5 Å². The van der Waals surface area contributed by atoms with Crippen LogP contribution in [0.25, 0.3) is 0 Å². The van der Waals surface area contributed by atoms with Gasteiger partial charge in [-0.25, -0.2) is 4.39 Å². The van der Waals surface area contributed by atoms with Gasteiger partial charge in [-0.2, -0.15) is 0 Å². The topological polar surface area (TPSA) is 21.6 Å². The first-order chi connectivity index (χ1) is 6.74. The van der Waals surface area contributed by atoms with Crippen LogP contribution in [0.5, 0.6) is 0 Å². The predicted octanol–water partition coefficient (Wildman–Crippen LogP) is 2.85. The Morgan fingerprint density at radius 3 is 2.86 bits per heavy atom. The quantitative estimate of drug-likeness (QED) is 0.533. The third-order valence-electron chi connectivity index (χ3n) is 1.85. The number of hydrogen-bond donors (Lipinski definition) is 0. The third kappa shape index (κ3) is 3.17. The van der Waals surface area contributed by atoms with Crippen LogP contribution in [0, 0.1) is 5.82 Å². The van der Waals surface area contributed by atoms with Crippen molar-refractivity contribution in [3.8, 4) is 0 Å². The molecule has 1 aromatic carbocycles. The second kappa shape index (κ2) is 5.37. The van der Waals surface area contributed by atoms with Gasteiger partial charge in [-0.3, -0.25) is 0 Å². The molecule has 3 heteroatoms. The molecule has 0 saturated carbocycles. The summed E-state index contributed by atoms with van der Waals surface area (Å²) in [7, 11) is 0. The van der Waals surface area contributed by atoms with Crippen LogP contribution in [0.4, 0.5) is 4.39 Å². The van der Waals surface area contributed by atoms with Crippen molar-refractivity contribution in [2.24, 2.45) is 5.16 Å². The van der Waals surface area contributed by atoms with Crippen LogP contribution >= 0.6 is 0 Å². The molecule has 0 aromatic heterocycles. The Bertz CT molecular complexity index is 312. The molecule has 2 nitrogen and oxygen atoms in total. The first-order valence-electron chi connectivity index (χ1n) is 4.60. The van der Waals surface area contributed by atoms with Gasteiger partial charge in [0.15, 0.2) is 0 Å². The molecule has 0 aliphatic rings. The molecule has 1 atom stereocenters. The maximum Gasteiger partial charge on any atom is 0.142 e. The minimum atomic E-state index is -0.344. The Balaban J connectivity index is 2.56. The van der Waals surface area contributed by atoms with Crippen LogP contribution in [0.3, 0.4) is 0 Å². The Labute approximate surface area is 83.4 Å². The van der Waals surface area contributed by atoms with E-state index in [1.165, 1.54) is 6.07 Å². The zero-order valence-electron chi connectivity index (χ0n) is 8.33. The third-order valence-corrected chi connectivity index (χ3v) is 1.85. The Hall–Kier alpha value is -1.38. The SMILES string of the molecule is CCC(C)O/N=[C]/c1ccccc1F. The van der Waals surface area contributed by atoms with Gasteiger partial charge in [0.1, 0.15) is 18.1 Å². The van der Waals surface area contributed by atoms with E-state index >= 15 is 0 Å². The minimum absolute atomic E-state index is 0.0364. The molecule has 0 saturated heterocycles. The summed E-state index contributed by atoms with van der Waals surface area (Å²) in [6.07, 6.45) is 3.41. The van der Waals surface area contributed by atoms with Crippen LogP contribution in [0.15, 0.2) is 29.4 Å². The molecule has 1 aromatic rings. The predicted molar refractivity (Wildman–Crippen MR) is 53.8 cm³/mol. The molecule has 0 heterocycles. The van der Waals surface area contributed by atoms with Gasteiger partial charge in [0, 0.05) is 5.56 Å². The lowest BCUT2D eigenvalue weighted by Gasteiger charge is -2.04. The molecule has 75 valence electrons. The molecule has 1 unspecified atom stereocenters. The van der Waals surface area contributed by atoms with Gasteiger partial charge < -0.3 is 4.84 Å². The summed E-state index contributed by atoms with van der Waals surface area (Å²) in [5, 5.41) is 3.58. The highest BCUT2D eigenvalue weighted by Gasteiger charge is 1.98. The van der Waals surface area contributed by atoms with E-state index in [-0.39, 0.29) is 11.9 Å². The fourth-order valence-corrected chi connectivity index (χ4v) is 0.792. The molecular weight excluding hydrogens is 181 g/mol. The largest absolute Gasteiger partial charge is 0.392 e. The number of rotatable bonds is 4. The maximum atomic E-state index is 13.0. The molecule has 0 bridgehead atoms. The Morgan fingerprint density at radius 2 is 2.21 bits per heavy atom. The van der Waals surface area contributed by atoms with Gasteiger partial charge in [0.25, 0.3) is 0 Å². The second-order valence-corrected chi connectivity index (χ2v) is 3.01. The van der Waals surface area contributed by atoms with E-state index in [0.29, 0.717) is 5.56 Å². The lowest BCUT2D eigenvalue weighted by atomic mass is 10.2. The fraction of sp³-hybridized carbons (Fsp3) is 0.364. The van der Waals surface area contributed by atoms with Gasteiger partial charge in [-0.15, -0.1) is 0 Å². The first kappa shape index (κ1) is 10.7. The van der Waals surface area contributed by atoms with Crippen molar-refractivity contribution in [1.82, 2.24) is 0 Å². The molecule has 14 heavy (non-hydrogen) atoms. The van der Waals surface area contributed by atoms with Crippen molar-refractivity contribution in [2.75, 3.05) is 0 Å². The van der Waals surface area contributed by atoms with Crippen LogP contribution in [-0.2, 0) is 4.84 Å². The zero-order valence-corrected chi connectivity index (χ0v) is 8.33. The van der Waals surface area contributed by atoms with Crippen LogP contribution in [0.2, 0.25) is 0 Å². The van der Waals surface area contributed by atoms with E-state index in [4.69, 9.17) is 4.84 Å². The Kier molecular flexibility index (Phi) is 4.11. The van der Waals surface area contributed by atoms with Crippen LogP contribution < -0.4 is 0 Å². The summed E-state index contributed by atoms with van der Waals surface area (Å²) < 4.78 is 13.0. The smallest absolute Gasteiger partial charge is 0.142 e. The Morgan fingerprint density at radius 1 is 1.50 bits per heavy atom. The monoisotopic (exact) mass is 194 g/mol. The van der Waals surface area contributed by atoms with E-state index < -0.39 is 0 Å². The molecule has 1 rings (SSSR count). The highest BCUT2D eigenvalue weighted by atomic mass is 19.1. The number of hydrogen-bond acceptors (Lipinski definition) is 2. The highest BCUT2D eigenvalue weighted by Crippen LogP contribution is 2.03. The molecule has 1 radical (unpaired) electrons. The molecule has 0 fully saturated rings. The van der Waals surface area contributed by atoms with Gasteiger partial charge >= 0.3 is 0 Å². The summed E-state index contributed by atoms with van der Waals surface area (Å²) in [6.45, 7) is 3.88. The highest BCUT2D eigenvalue weighted by molar-refractivity contribution is 5.79. The summed E-state index contributed by atoms with van der Waals surface area (Å²) >= 11 is 0. The average molecular weight is 194 g/mol. The van der Waals surface area contributed by atoms with E-state index in [2.05, 4.69) is 11.4 Å². The van der Waals surface area contributed by atoms with Crippen molar-refractivity contribution in [2.45, 2.75) is 26.4 Å². The number of nitrogens with zero attached hydrogens (tertiary/aromatic N) is 1. The number of halogens is 1. The van der Waals surface area contributed by atoms with E-state index in [0.717, 1.165) is 6.42 Å². The molecule has 0 amide bonds. The molecular formula is C11H13FNO. The van der Waals surface area contributed by atoms with Crippen LogP contribution in [0.1, 0.15) is 25.8 Å². The van der Waals surface area contributed by atoms with Crippen molar-refractivity contribution in [3.63, 3.8) is 0 Å². The molecule has 0 N–H and O–H groups in total. The lowest BCUT2D eigenvalue weighted by molar-refractivity contribution is 0.0712. The standard InChI is InChI=1S/C11H13FNO/c1-3-9(2)14-13-8-10-6-4-5-7-11(10)12/h4-7,9H,3H2,1-2H3. The minimum Gasteiger partial charge on any atom is -0.392 e. The maximum absolute atomic E-state index is 13.0. The van der Waals surface area contributed by atoms with Gasteiger partial charge in [-0.1, -0.05) is 24.2 Å². The number of benzene rings is 1. The van der Waals surface area contributed by atoms with E-state index in [9.17, 15) is 4.39 Å². The van der Waals surface area contributed by atoms with Crippen molar-refractivity contribution < 1.29 is 9.23 Å². The summed E-state index contributed by atoms with van der Waals surface area (Å²) in [6, 6.07) is 6.31. The van der Waals surface area contributed by atoms with Crippen LogP contribution in [-0.4, -0.2) is 12.3 Å². The van der Waals surface area contributed by atoms with E-state index in [1.807, 2.05) is 13.8 Å². The molecule has 0 aliphatic carbocycles. The van der Waals surface area contributed by atoms with E-state index in [1.54, 1.807) is 18.2 Å². The average Bonchev–Trinajstić information content (AvgIpc) is 2.20. The van der Waals surface area contributed by atoms with Gasteiger partial charge in [0.2, 0.25) is 0 Å². The summed E-state index contributed by atoms with van der Waals surface area (Å²) in [5.74, 6) is -0.344. The molecule has 0 aliphatic heterocycles. The van der Waals surface area contributed by atoms with Crippen molar-refractivity contribution >= 4 is 6.21 Å². The summed E-state index contributed by atoms with van der Waals surface area (Å²) in [5.41, 5.74) is 0.316.